The van der Waals surface area contributed by atoms with E-state index in [2.05, 4.69) is 31.3 Å². The average Bonchev–Trinajstić information content (AvgIpc) is 3.71. The van der Waals surface area contributed by atoms with Crippen LogP contribution in [0.2, 0.25) is 5.02 Å². The molecule has 2 heterocycles. The molecule has 0 aliphatic carbocycles. The number of hydrogen-bond donors (Lipinski definition) is 1. The summed E-state index contributed by atoms with van der Waals surface area (Å²) >= 11 is 6.05. The molecule has 5 rings (SSSR count). The number of likely N-dealkylation sites (tertiary alicyclic amines) is 2. The lowest BCUT2D eigenvalue weighted by Crippen LogP contribution is -2.45. The molecular formula is C35H40ClF3N4O2. The van der Waals surface area contributed by atoms with E-state index in [9.17, 15) is 22.8 Å². The van der Waals surface area contributed by atoms with Crippen molar-refractivity contribution < 1.29 is 22.8 Å². The summed E-state index contributed by atoms with van der Waals surface area (Å²) < 4.78 is 38.7. The lowest BCUT2D eigenvalue weighted by Gasteiger charge is -2.28. The molecule has 2 aliphatic rings. The molecule has 0 aromatic heterocycles. The summed E-state index contributed by atoms with van der Waals surface area (Å²) in [4.78, 5) is 32.0. The molecule has 0 saturated carbocycles. The number of rotatable bonds is 8. The number of benzene rings is 3. The Balaban J connectivity index is 1.08. The van der Waals surface area contributed by atoms with E-state index >= 15 is 0 Å². The van der Waals surface area contributed by atoms with Gasteiger partial charge in [0.2, 0.25) is 0 Å². The van der Waals surface area contributed by atoms with Crippen molar-refractivity contribution >= 4 is 23.5 Å². The van der Waals surface area contributed by atoms with Crippen LogP contribution in [0.1, 0.15) is 54.6 Å². The van der Waals surface area contributed by atoms with E-state index in [-0.39, 0.29) is 29.4 Å². The van der Waals surface area contributed by atoms with Crippen molar-refractivity contribution in [3.05, 3.63) is 94.5 Å². The fourth-order valence-electron chi connectivity index (χ4n) is 6.19. The van der Waals surface area contributed by atoms with Crippen LogP contribution in [0.15, 0.2) is 72.8 Å². The minimum absolute atomic E-state index is 0.00777. The highest BCUT2D eigenvalue weighted by Crippen LogP contribution is 2.31. The maximum Gasteiger partial charge on any atom is 0.416 e. The minimum atomic E-state index is -4.38. The number of amides is 3. The molecule has 2 aliphatic heterocycles. The predicted molar refractivity (Wildman–Crippen MR) is 171 cm³/mol. The second kappa shape index (κ2) is 13.4. The molecule has 0 radical (unpaired) electrons. The van der Waals surface area contributed by atoms with Crippen LogP contribution < -0.4 is 5.32 Å². The van der Waals surface area contributed by atoms with E-state index in [0.717, 1.165) is 42.1 Å². The van der Waals surface area contributed by atoms with Gasteiger partial charge in [0.25, 0.3) is 5.91 Å². The zero-order chi connectivity index (χ0) is 32.4. The summed E-state index contributed by atoms with van der Waals surface area (Å²) in [6, 6.07) is 20.0. The third kappa shape index (κ3) is 7.82. The van der Waals surface area contributed by atoms with Crippen LogP contribution in [-0.2, 0) is 11.6 Å². The molecule has 1 N–H and O–H groups in total. The summed E-state index contributed by atoms with van der Waals surface area (Å²) in [6.07, 6.45) is -1.81. The van der Waals surface area contributed by atoms with Gasteiger partial charge in [0.15, 0.2) is 0 Å². The van der Waals surface area contributed by atoms with Crippen molar-refractivity contribution in [1.29, 1.82) is 0 Å². The van der Waals surface area contributed by atoms with Crippen molar-refractivity contribution in [3.63, 3.8) is 0 Å². The first-order chi connectivity index (χ1) is 21.3. The van der Waals surface area contributed by atoms with E-state index in [1.165, 1.54) is 17.7 Å². The number of likely N-dealkylation sites (N-methyl/N-ethyl adjacent to an activating group) is 1. The molecule has 2 atom stereocenters. The fraction of sp³-hybridized carbons (Fsp3) is 0.429. The highest BCUT2D eigenvalue weighted by atomic mass is 35.5. The van der Waals surface area contributed by atoms with Crippen molar-refractivity contribution in [2.24, 2.45) is 0 Å². The smallest absolute Gasteiger partial charge is 0.337 e. The van der Waals surface area contributed by atoms with Gasteiger partial charge >= 0.3 is 12.2 Å². The highest BCUT2D eigenvalue weighted by Gasteiger charge is 2.36. The molecule has 3 aromatic rings. The molecule has 2 saturated heterocycles. The summed E-state index contributed by atoms with van der Waals surface area (Å²) in [7, 11) is 1.76. The fourth-order valence-corrected chi connectivity index (χ4v) is 6.32. The Labute approximate surface area is 268 Å². The number of alkyl halides is 3. The molecule has 2 fully saturated rings. The quantitative estimate of drug-likeness (QED) is 0.281. The van der Waals surface area contributed by atoms with E-state index < -0.39 is 11.7 Å². The van der Waals surface area contributed by atoms with Gasteiger partial charge in [0.05, 0.1) is 11.6 Å². The molecule has 0 spiro atoms. The Hall–Kier alpha value is -3.56. The Kier molecular flexibility index (Phi) is 9.80. The monoisotopic (exact) mass is 640 g/mol. The van der Waals surface area contributed by atoms with Crippen molar-refractivity contribution in [1.82, 2.24) is 20.0 Å². The van der Waals surface area contributed by atoms with E-state index in [1.54, 1.807) is 36.2 Å². The Bertz CT molecular complexity index is 1480. The Morgan fingerprint density at radius 2 is 1.40 bits per heavy atom. The summed E-state index contributed by atoms with van der Waals surface area (Å²) in [5, 5.41) is 4.37. The van der Waals surface area contributed by atoms with E-state index in [4.69, 9.17) is 11.6 Å². The van der Waals surface area contributed by atoms with E-state index in [1.807, 2.05) is 21.9 Å². The topological polar surface area (TPSA) is 55.9 Å². The number of carbonyl (C=O) groups is 2. The summed E-state index contributed by atoms with van der Waals surface area (Å²) in [5.74, 6) is -0.153. The van der Waals surface area contributed by atoms with Crippen molar-refractivity contribution in [2.45, 2.75) is 56.8 Å². The first kappa shape index (κ1) is 32.8. The lowest BCUT2D eigenvalue weighted by atomic mass is 9.81. The third-order valence-electron chi connectivity index (χ3n) is 9.25. The number of halogens is 4. The van der Waals surface area contributed by atoms with Crippen LogP contribution in [0.4, 0.5) is 18.0 Å². The van der Waals surface area contributed by atoms with Gasteiger partial charge in [-0.05, 0) is 84.3 Å². The molecule has 3 amide bonds. The number of urea groups is 1. The maximum atomic E-state index is 13.3. The van der Waals surface area contributed by atoms with Crippen LogP contribution in [0.5, 0.6) is 0 Å². The molecule has 240 valence electrons. The maximum absolute atomic E-state index is 13.3. The van der Waals surface area contributed by atoms with Gasteiger partial charge in [-0.3, -0.25) is 4.79 Å². The van der Waals surface area contributed by atoms with Crippen LogP contribution in [-0.4, -0.2) is 78.5 Å². The largest absolute Gasteiger partial charge is 0.416 e. The molecule has 3 aromatic carbocycles. The Morgan fingerprint density at radius 1 is 0.844 bits per heavy atom. The molecule has 45 heavy (non-hydrogen) atoms. The minimum Gasteiger partial charge on any atom is -0.337 e. The van der Waals surface area contributed by atoms with Gasteiger partial charge < -0.3 is 20.0 Å². The number of carbonyl (C=O) groups excluding carboxylic acids is 2. The van der Waals surface area contributed by atoms with Gasteiger partial charge in [-0.25, -0.2) is 4.79 Å². The second-order valence-electron chi connectivity index (χ2n) is 12.8. The predicted octanol–water partition coefficient (Wildman–Crippen LogP) is 7.32. The molecule has 0 bridgehead atoms. The van der Waals surface area contributed by atoms with E-state index in [0.29, 0.717) is 43.7 Å². The van der Waals surface area contributed by atoms with Gasteiger partial charge in [0, 0.05) is 49.9 Å². The first-order valence-electron chi connectivity index (χ1n) is 15.4. The third-order valence-corrected chi connectivity index (χ3v) is 9.50. The molecule has 10 heteroatoms. The zero-order valence-corrected chi connectivity index (χ0v) is 26.7. The summed E-state index contributed by atoms with van der Waals surface area (Å²) in [6.45, 7) is 7.76. The standard InChI is InChI=1S/C35H40ClF3N4O2/c1-34(2,27-12-14-29(36)15-13-27)18-19-40-30-16-20-42(22-30)33(45)43-21-17-31(23-43)41(3)32(44)26-6-4-24(5-7-26)25-8-10-28(11-9-25)35(37,38)39/h4-15,30-31,40H,16-23H2,1-3H3/t30-,31+/m0/s1. The van der Waals surface area contributed by atoms with Gasteiger partial charge in [-0.2, -0.15) is 13.2 Å². The van der Waals surface area contributed by atoms with Gasteiger partial charge in [-0.1, -0.05) is 61.8 Å². The molecule has 0 unspecified atom stereocenters. The SMILES string of the molecule is CN(C(=O)c1ccc(-c2ccc(C(F)(F)F)cc2)cc1)[C@@H]1CCN(C(=O)N2CC[C@H](NCCC(C)(C)c3ccc(Cl)cc3)C2)C1. The Morgan fingerprint density at radius 3 is 2.02 bits per heavy atom. The van der Waals surface area contributed by atoms with Crippen LogP contribution in [0.3, 0.4) is 0 Å². The van der Waals surface area contributed by atoms with Crippen molar-refractivity contribution in [3.8, 4) is 11.1 Å². The van der Waals surface area contributed by atoms with Gasteiger partial charge in [-0.15, -0.1) is 0 Å². The zero-order valence-electron chi connectivity index (χ0n) is 25.9. The lowest BCUT2D eigenvalue weighted by molar-refractivity contribution is -0.137. The van der Waals surface area contributed by atoms with Crippen molar-refractivity contribution in [2.75, 3.05) is 39.8 Å². The number of nitrogens with zero attached hydrogens (tertiary/aromatic N) is 3. The average molecular weight is 641 g/mol. The number of hydrogen-bond acceptors (Lipinski definition) is 3. The molecular weight excluding hydrogens is 601 g/mol. The molecule has 6 nitrogen and oxygen atoms in total. The first-order valence-corrected chi connectivity index (χ1v) is 15.8. The summed E-state index contributed by atoms with van der Waals surface area (Å²) in [5.41, 5.74) is 2.42. The normalized spacial score (nSPS) is 18.8. The second-order valence-corrected chi connectivity index (χ2v) is 13.2. The van der Waals surface area contributed by atoms with Gasteiger partial charge in [0.1, 0.15) is 0 Å². The van der Waals surface area contributed by atoms with Crippen LogP contribution >= 0.6 is 11.6 Å². The van der Waals surface area contributed by atoms with Crippen LogP contribution in [0, 0.1) is 0 Å². The highest BCUT2D eigenvalue weighted by molar-refractivity contribution is 6.30. The number of nitrogens with one attached hydrogen (secondary N) is 1. The van der Waals surface area contributed by atoms with Crippen LogP contribution in [0.25, 0.3) is 11.1 Å².